The van der Waals surface area contributed by atoms with Gasteiger partial charge in [0.15, 0.2) is 5.13 Å². The third-order valence-corrected chi connectivity index (χ3v) is 7.19. The average molecular weight is 559 g/mol. The van der Waals surface area contributed by atoms with Gasteiger partial charge in [-0.25, -0.2) is 14.7 Å². The van der Waals surface area contributed by atoms with E-state index in [1.807, 2.05) is 0 Å². The molecule has 1 aliphatic heterocycles. The van der Waals surface area contributed by atoms with Gasteiger partial charge in [-0.1, -0.05) is 46.7 Å². The fourth-order valence-electron chi connectivity index (χ4n) is 3.56. The fraction of sp³-hybridized carbons (Fsp3) is 0.160. The standard InChI is InChI=1S/C25H20Cl2N4O5S/c1-4-36-24(35)20-13(3)28-25(37-20)30-21(32)14-7-5-8-15(11-14)29-19-18(27)22(33)31(23(19)34)17-10-6-9-16(26)12(17)2/h5-11,29H,4H2,1-3H3,(H,28,30,32). The van der Waals surface area contributed by atoms with Crippen LogP contribution < -0.4 is 15.5 Å². The Morgan fingerprint density at radius 3 is 2.54 bits per heavy atom. The highest BCUT2D eigenvalue weighted by Gasteiger charge is 2.39. The number of thiazole rings is 1. The number of esters is 1. The molecule has 1 aromatic heterocycles. The smallest absolute Gasteiger partial charge is 0.350 e. The number of anilines is 3. The summed E-state index contributed by atoms with van der Waals surface area (Å²) in [5.41, 5.74) is 1.80. The number of imide groups is 1. The molecular weight excluding hydrogens is 539 g/mol. The topological polar surface area (TPSA) is 118 Å². The summed E-state index contributed by atoms with van der Waals surface area (Å²) >= 11 is 13.4. The molecule has 0 unspecified atom stereocenters. The monoisotopic (exact) mass is 558 g/mol. The molecule has 4 rings (SSSR count). The van der Waals surface area contributed by atoms with Crippen molar-refractivity contribution in [3.05, 3.63) is 79.9 Å². The zero-order valence-corrected chi connectivity index (χ0v) is 22.2. The Balaban J connectivity index is 1.52. The molecule has 0 bridgehead atoms. The summed E-state index contributed by atoms with van der Waals surface area (Å²) in [6.07, 6.45) is 0. The predicted octanol–water partition coefficient (Wildman–Crippen LogP) is 5.28. The van der Waals surface area contributed by atoms with E-state index in [2.05, 4.69) is 15.6 Å². The van der Waals surface area contributed by atoms with Gasteiger partial charge in [-0.2, -0.15) is 0 Å². The van der Waals surface area contributed by atoms with Crippen molar-refractivity contribution in [3.63, 3.8) is 0 Å². The minimum absolute atomic E-state index is 0.127. The van der Waals surface area contributed by atoms with Gasteiger partial charge in [0.25, 0.3) is 17.7 Å². The van der Waals surface area contributed by atoms with E-state index in [9.17, 15) is 19.2 Å². The first-order chi connectivity index (χ1) is 17.6. The van der Waals surface area contributed by atoms with Crippen LogP contribution in [-0.2, 0) is 14.3 Å². The maximum atomic E-state index is 13.1. The number of halogens is 2. The van der Waals surface area contributed by atoms with E-state index in [0.717, 1.165) is 16.2 Å². The molecule has 2 aromatic carbocycles. The Kier molecular flexibility index (Phi) is 7.63. The van der Waals surface area contributed by atoms with Gasteiger partial charge in [-0.05, 0) is 56.7 Å². The zero-order valence-electron chi connectivity index (χ0n) is 19.8. The zero-order chi connectivity index (χ0) is 26.9. The van der Waals surface area contributed by atoms with Crippen LogP contribution in [0.4, 0.5) is 16.5 Å². The van der Waals surface area contributed by atoms with E-state index in [1.165, 1.54) is 6.07 Å². The highest BCUT2D eigenvalue weighted by molar-refractivity contribution is 7.17. The van der Waals surface area contributed by atoms with Crippen LogP contribution in [0, 0.1) is 13.8 Å². The Labute approximate surface area is 226 Å². The number of rotatable bonds is 7. The third-order valence-electron chi connectivity index (χ3n) is 5.38. The first kappa shape index (κ1) is 26.3. The molecule has 190 valence electrons. The number of ether oxygens (including phenoxy) is 1. The van der Waals surface area contributed by atoms with Crippen LogP contribution in [0.1, 0.15) is 38.2 Å². The van der Waals surface area contributed by atoms with Gasteiger partial charge < -0.3 is 10.1 Å². The number of hydrogen-bond donors (Lipinski definition) is 2. The lowest BCUT2D eigenvalue weighted by atomic mass is 10.1. The van der Waals surface area contributed by atoms with Crippen molar-refractivity contribution in [2.75, 3.05) is 22.1 Å². The Bertz CT molecular complexity index is 1480. The predicted molar refractivity (Wildman–Crippen MR) is 142 cm³/mol. The number of benzene rings is 2. The van der Waals surface area contributed by atoms with Crippen LogP contribution in [0.15, 0.2) is 53.2 Å². The summed E-state index contributed by atoms with van der Waals surface area (Å²) < 4.78 is 5.00. The van der Waals surface area contributed by atoms with Crippen molar-refractivity contribution in [3.8, 4) is 0 Å². The van der Waals surface area contributed by atoms with E-state index in [1.54, 1.807) is 57.2 Å². The third kappa shape index (κ3) is 5.22. The van der Waals surface area contributed by atoms with Crippen LogP contribution in [0.5, 0.6) is 0 Å². The van der Waals surface area contributed by atoms with E-state index < -0.39 is 23.7 Å². The van der Waals surface area contributed by atoms with Gasteiger partial charge in [0.1, 0.15) is 15.6 Å². The molecule has 1 aliphatic rings. The van der Waals surface area contributed by atoms with E-state index in [0.29, 0.717) is 32.5 Å². The molecule has 0 saturated heterocycles. The second-order valence-electron chi connectivity index (χ2n) is 7.83. The summed E-state index contributed by atoms with van der Waals surface area (Å²) in [7, 11) is 0. The van der Waals surface area contributed by atoms with Crippen LogP contribution >= 0.6 is 34.5 Å². The lowest BCUT2D eigenvalue weighted by Crippen LogP contribution is -2.32. The molecule has 9 nitrogen and oxygen atoms in total. The highest BCUT2D eigenvalue weighted by Crippen LogP contribution is 2.34. The van der Waals surface area contributed by atoms with Crippen LogP contribution in [0.3, 0.4) is 0 Å². The van der Waals surface area contributed by atoms with Crippen LogP contribution in [0.25, 0.3) is 0 Å². The van der Waals surface area contributed by atoms with E-state index >= 15 is 0 Å². The number of carbonyl (C=O) groups is 4. The van der Waals surface area contributed by atoms with Crippen LogP contribution in [-0.4, -0.2) is 35.3 Å². The number of aryl methyl sites for hydroxylation is 1. The van der Waals surface area contributed by atoms with Crippen molar-refractivity contribution in [2.45, 2.75) is 20.8 Å². The lowest BCUT2D eigenvalue weighted by molar-refractivity contribution is -0.120. The Morgan fingerprint density at radius 2 is 1.81 bits per heavy atom. The highest BCUT2D eigenvalue weighted by atomic mass is 35.5. The maximum Gasteiger partial charge on any atom is 0.350 e. The minimum Gasteiger partial charge on any atom is -0.462 e. The van der Waals surface area contributed by atoms with Gasteiger partial charge in [-0.15, -0.1) is 0 Å². The lowest BCUT2D eigenvalue weighted by Gasteiger charge is -2.18. The van der Waals surface area contributed by atoms with Gasteiger partial charge in [0, 0.05) is 16.3 Å². The number of nitrogens with one attached hydrogen (secondary N) is 2. The second kappa shape index (κ2) is 10.7. The molecule has 0 radical (unpaired) electrons. The van der Waals surface area contributed by atoms with Gasteiger partial charge in [0.05, 0.1) is 18.0 Å². The van der Waals surface area contributed by atoms with Crippen molar-refractivity contribution in [2.24, 2.45) is 0 Å². The summed E-state index contributed by atoms with van der Waals surface area (Å²) in [5, 5.41) is 5.86. The molecule has 12 heteroatoms. The summed E-state index contributed by atoms with van der Waals surface area (Å²) in [4.78, 5) is 56.3. The number of hydrogen-bond acceptors (Lipinski definition) is 8. The maximum absolute atomic E-state index is 13.1. The molecule has 0 saturated carbocycles. The fourth-order valence-corrected chi connectivity index (χ4v) is 4.79. The molecule has 0 spiro atoms. The molecule has 37 heavy (non-hydrogen) atoms. The molecule has 2 heterocycles. The molecule has 0 fully saturated rings. The number of carbonyl (C=O) groups excluding carboxylic acids is 4. The largest absolute Gasteiger partial charge is 0.462 e. The molecule has 0 aliphatic carbocycles. The average Bonchev–Trinajstić information content (AvgIpc) is 3.33. The number of nitrogens with zero attached hydrogens (tertiary/aromatic N) is 2. The van der Waals surface area contributed by atoms with Crippen molar-refractivity contribution < 1.29 is 23.9 Å². The first-order valence-corrected chi connectivity index (χ1v) is 12.6. The molecule has 3 amide bonds. The van der Waals surface area contributed by atoms with Gasteiger partial charge in [-0.3, -0.25) is 19.7 Å². The van der Waals surface area contributed by atoms with Crippen molar-refractivity contribution >= 4 is 74.7 Å². The molecule has 0 atom stereocenters. The van der Waals surface area contributed by atoms with Crippen molar-refractivity contribution in [1.29, 1.82) is 0 Å². The van der Waals surface area contributed by atoms with Crippen LogP contribution in [0.2, 0.25) is 5.02 Å². The van der Waals surface area contributed by atoms with E-state index in [-0.39, 0.29) is 28.0 Å². The summed E-state index contributed by atoms with van der Waals surface area (Å²) in [6.45, 7) is 5.27. The Hall–Kier alpha value is -3.73. The first-order valence-electron chi connectivity index (χ1n) is 11.0. The Morgan fingerprint density at radius 1 is 1.08 bits per heavy atom. The normalized spacial score (nSPS) is 13.3. The second-order valence-corrected chi connectivity index (χ2v) is 9.62. The summed E-state index contributed by atoms with van der Waals surface area (Å²) in [6, 6.07) is 11.2. The molecule has 2 N–H and O–H groups in total. The van der Waals surface area contributed by atoms with Gasteiger partial charge >= 0.3 is 5.97 Å². The molecule has 3 aromatic rings. The van der Waals surface area contributed by atoms with E-state index in [4.69, 9.17) is 27.9 Å². The minimum atomic E-state index is -0.690. The quantitative estimate of drug-likeness (QED) is 0.299. The van der Waals surface area contributed by atoms with Crippen molar-refractivity contribution in [1.82, 2.24) is 4.98 Å². The number of amides is 3. The number of aromatic nitrogens is 1. The SMILES string of the molecule is CCOC(=O)c1sc(NC(=O)c2cccc(NC3=C(Cl)C(=O)N(c4cccc(Cl)c4C)C3=O)c2)nc1C. The molecular formula is C25H20Cl2N4O5S. The summed E-state index contributed by atoms with van der Waals surface area (Å²) in [5.74, 6) is -2.34. The van der Waals surface area contributed by atoms with Gasteiger partial charge in [0.2, 0.25) is 0 Å².